The lowest BCUT2D eigenvalue weighted by atomic mass is 9.85. The zero-order chi connectivity index (χ0) is 9.56. The number of rotatable bonds is 1. The van der Waals surface area contributed by atoms with E-state index >= 15 is 0 Å². The van der Waals surface area contributed by atoms with Gasteiger partial charge in [-0.1, -0.05) is 6.42 Å². The Kier molecular flexibility index (Phi) is 5.08. The molecule has 0 unspecified atom stereocenters. The fourth-order valence-corrected chi connectivity index (χ4v) is 0.875. The predicted molar refractivity (Wildman–Crippen MR) is 46.3 cm³/mol. The van der Waals surface area contributed by atoms with Crippen LogP contribution in [0, 0.1) is 5.92 Å². The Balaban J connectivity index is 0.000000261. The number of hydrogen-bond acceptors (Lipinski definition) is 2. The Morgan fingerprint density at radius 1 is 1.42 bits per heavy atom. The highest BCUT2D eigenvalue weighted by Crippen LogP contribution is 2.25. The summed E-state index contributed by atoms with van der Waals surface area (Å²) < 4.78 is 0. The number of carbonyl (C=O) groups excluding carboxylic acids is 2. The molecule has 0 atom stereocenters. The molecule has 0 saturated heterocycles. The predicted octanol–water partition coefficient (Wildman–Crippen LogP) is 0.0241. The maximum Gasteiger partial charge on any atom is 0.222 e. The third-order valence-electron chi connectivity index (χ3n) is 1.72. The van der Waals surface area contributed by atoms with E-state index in [-0.39, 0.29) is 11.8 Å². The lowest BCUT2D eigenvalue weighted by Gasteiger charge is -2.22. The van der Waals surface area contributed by atoms with Crippen LogP contribution >= 0.6 is 0 Å². The van der Waals surface area contributed by atoms with Gasteiger partial charge in [-0.3, -0.25) is 9.59 Å². The fourth-order valence-electron chi connectivity index (χ4n) is 0.875. The minimum atomic E-state index is -0.333. The van der Waals surface area contributed by atoms with Crippen LogP contribution in [0.25, 0.3) is 0 Å². The molecular weight excluding hydrogens is 156 g/mol. The van der Waals surface area contributed by atoms with E-state index in [1.807, 2.05) is 0 Å². The molecule has 0 aromatic rings. The maximum atomic E-state index is 10.7. The number of nitrogens with two attached hydrogens (primary N) is 1. The van der Waals surface area contributed by atoms with Gasteiger partial charge in [0, 0.05) is 19.9 Å². The van der Waals surface area contributed by atoms with E-state index in [1.165, 1.54) is 13.3 Å². The van der Waals surface area contributed by atoms with Crippen molar-refractivity contribution < 1.29 is 9.59 Å². The molecule has 0 heterocycles. The van der Waals surface area contributed by atoms with Crippen LogP contribution in [0.1, 0.15) is 26.2 Å². The molecule has 0 aromatic heterocycles. The Labute approximate surface area is 72.5 Å². The highest BCUT2D eigenvalue weighted by Gasteiger charge is 2.23. The van der Waals surface area contributed by atoms with Gasteiger partial charge < -0.3 is 11.1 Å². The molecule has 1 saturated carbocycles. The van der Waals surface area contributed by atoms with E-state index in [9.17, 15) is 9.59 Å². The Hall–Kier alpha value is -1.06. The number of primary amides is 1. The first-order chi connectivity index (χ1) is 5.57. The summed E-state index contributed by atoms with van der Waals surface area (Å²) in [5, 5.41) is 2.63. The first kappa shape index (κ1) is 10.9. The van der Waals surface area contributed by atoms with Crippen LogP contribution in [0.4, 0.5) is 0 Å². The van der Waals surface area contributed by atoms with E-state index < -0.39 is 0 Å². The fraction of sp³-hybridized carbons (Fsp3) is 0.750. The quantitative estimate of drug-likeness (QED) is 0.585. The smallest absolute Gasteiger partial charge is 0.222 e. The zero-order valence-corrected chi connectivity index (χ0v) is 7.59. The van der Waals surface area contributed by atoms with Crippen molar-refractivity contribution in [2.45, 2.75) is 26.2 Å². The molecule has 4 heteroatoms. The summed E-state index contributed by atoms with van der Waals surface area (Å²) in [4.78, 5) is 19.9. The normalized spacial score (nSPS) is 15.2. The third-order valence-corrected chi connectivity index (χ3v) is 1.72. The molecule has 1 rings (SSSR count). The summed E-state index contributed by atoms with van der Waals surface area (Å²) in [6.07, 6.45) is 3.43. The third kappa shape index (κ3) is 4.71. The molecule has 0 aliphatic heterocycles. The van der Waals surface area contributed by atoms with Gasteiger partial charge in [-0.15, -0.1) is 0 Å². The van der Waals surface area contributed by atoms with E-state index in [2.05, 4.69) is 11.1 Å². The van der Waals surface area contributed by atoms with E-state index in [1.54, 1.807) is 7.05 Å². The lowest BCUT2D eigenvalue weighted by molar-refractivity contribution is -0.126. The monoisotopic (exact) mass is 172 g/mol. The Morgan fingerprint density at radius 2 is 1.83 bits per heavy atom. The van der Waals surface area contributed by atoms with E-state index in [0.717, 1.165) is 12.8 Å². The second kappa shape index (κ2) is 5.57. The summed E-state index contributed by atoms with van der Waals surface area (Å²) in [5.74, 6) is 0.233. The maximum absolute atomic E-state index is 10.7. The highest BCUT2D eigenvalue weighted by molar-refractivity contribution is 5.78. The number of amides is 2. The SMILES string of the molecule is CC(N)=O.CNC(=O)C1CCC1. The average Bonchev–Trinajstić information content (AvgIpc) is 1.82. The summed E-state index contributed by atoms with van der Waals surface area (Å²) in [7, 11) is 1.70. The van der Waals surface area contributed by atoms with Gasteiger partial charge in [0.1, 0.15) is 0 Å². The second-order valence-corrected chi connectivity index (χ2v) is 2.85. The summed E-state index contributed by atoms with van der Waals surface area (Å²) in [6, 6.07) is 0. The Morgan fingerprint density at radius 3 is 1.92 bits per heavy atom. The molecular formula is C8H16N2O2. The summed E-state index contributed by atoms with van der Waals surface area (Å²) >= 11 is 0. The number of hydrogen-bond donors (Lipinski definition) is 2. The molecule has 1 aliphatic carbocycles. The van der Waals surface area contributed by atoms with Crippen molar-refractivity contribution in [2.24, 2.45) is 11.7 Å². The first-order valence-electron chi connectivity index (χ1n) is 4.05. The van der Waals surface area contributed by atoms with Gasteiger partial charge in [0.15, 0.2) is 0 Å². The van der Waals surface area contributed by atoms with Crippen molar-refractivity contribution in [3.63, 3.8) is 0 Å². The average molecular weight is 172 g/mol. The van der Waals surface area contributed by atoms with Crippen molar-refractivity contribution in [1.29, 1.82) is 0 Å². The van der Waals surface area contributed by atoms with Crippen LogP contribution in [0.15, 0.2) is 0 Å². The van der Waals surface area contributed by atoms with Crippen LogP contribution in [0.2, 0.25) is 0 Å². The molecule has 2 amide bonds. The molecule has 12 heavy (non-hydrogen) atoms. The summed E-state index contributed by atoms with van der Waals surface area (Å²) in [6.45, 7) is 1.31. The molecule has 1 fully saturated rings. The van der Waals surface area contributed by atoms with Gasteiger partial charge in [-0.25, -0.2) is 0 Å². The molecule has 1 aliphatic rings. The van der Waals surface area contributed by atoms with Crippen LogP contribution in [-0.2, 0) is 9.59 Å². The minimum Gasteiger partial charge on any atom is -0.370 e. The first-order valence-corrected chi connectivity index (χ1v) is 4.05. The topological polar surface area (TPSA) is 72.2 Å². The number of carbonyl (C=O) groups is 2. The van der Waals surface area contributed by atoms with Gasteiger partial charge in [-0.05, 0) is 12.8 Å². The standard InChI is InChI=1S/C6H11NO.C2H5NO/c1-7-6(8)5-3-2-4-5;1-2(3)4/h5H,2-4H2,1H3,(H,7,8);1H3,(H2,3,4). The van der Waals surface area contributed by atoms with Gasteiger partial charge in [-0.2, -0.15) is 0 Å². The summed E-state index contributed by atoms with van der Waals surface area (Å²) in [5.41, 5.74) is 4.47. The number of nitrogens with one attached hydrogen (secondary N) is 1. The van der Waals surface area contributed by atoms with Crippen molar-refractivity contribution >= 4 is 11.8 Å². The van der Waals surface area contributed by atoms with Crippen LogP contribution in [0.5, 0.6) is 0 Å². The van der Waals surface area contributed by atoms with Crippen molar-refractivity contribution in [1.82, 2.24) is 5.32 Å². The van der Waals surface area contributed by atoms with Crippen LogP contribution in [0.3, 0.4) is 0 Å². The lowest BCUT2D eigenvalue weighted by Crippen LogP contribution is -2.31. The highest BCUT2D eigenvalue weighted by atomic mass is 16.2. The van der Waals surface area contributed by atoms with Crippen molar-refractivity contribution in [3.05, 3.63) is 0 Å². The van der Waals surface area contributed by atoms with Crippen LogP contribution in [-0.4, -0.2) is 18.9 Å². The van der Waals surface area contributed by atoms with E-state index in [4.69, 9.17) is 0 Å². The minimum absolute atomic E-state index is 0.219. The van der Waals surface area contributed by atoms with Crippen LogP contribution < -0.4 is 11.1 Å². The molecule has 0 radical (unpaired) electrons. The van der Waals surface area contributed by atoms with Gasteiger partial charge in [0.05, 0.1) is 0 Å². The molecule has 70 valence electrons. The van der Waals surface area contributed by atoms with Gasteiger partial charge in [0.25, 0.3) is 0 Å². The molecule has 0 aromatic carbocycles. The molecule has 3 N–H and O–H groups in total. The molecule has 0 spiro atoms. The van der Waals surface area contributed by atoms with E-state index in [0.29, 0.717) is 5.92 Å². The van der Waals surface area contributed by atoms with Crippen molar-refractivity contribution in [3.8, 4) is 0 Å². The molecule has 4 nitrogen and oxygen atoms in total. The van der Waals surface area contributed by atoms with Gasteiger partial charge in [0.2, 0.25) is 11.8 Å². The Bertz CT molecular complexity index is 160. The zero-order valence-electron chi connectivity index (χ0n) is 7.59. The van der Waals surface area contributed by atoms with Crippen molar-refractivity contribution in [2.75, 3.05) is 7.05 Å². The largest absolute Gasteiger partial charge is 0.370 e. The van der Waals surface area contributed by atoms with Gasteiger partial charge >= 0.3 is 0 Å². The second-order valence-electron chi connectivity index (χ2n) is 2.85. The molecule has 0 bridgehead atoms.